The van der Waals surface area contributed by atoms with E-state index in [4.69, 9.17) is 0 Å². The van der Waals surface area contributed by atoms with E-state index in [1.165, 1.54) is 11.1 Å². The van der Waals surface area contributed by atoms with Crippen molar-refractivity contribution in [2.45, 2.75) is 63.2 Å². The first-order chi connectivity index (χ1) is 15.7. The van der Waals surface area contributed by atoms with E-state index in [1.807, 2.05) is 12.1 Å². The predicted molar refractivity (Wildman–Crippen MR) is 126 cm³/mol. The molecule has 0 heterocycles. The topological polar surface area (TPSA) is 82.9 Å². The van der Waals surface area contributed by atoms with Gasteiger partial charge < -0.3 is 0 Å². The maximum atomic E-state index is 12.1. The Kier molecular flexibility index (Phi) is 7.43. The van der Waals surface area contributed by atoms with Gasteiger partial charge in [0.15, 0.2) is 0 Å². The summed E-state index contributed by atoms with van der Waals surface area (Å²) >= 11 is 0. The standard InChI is InChI=1S/C26H30N4O2/c31-25(29-27-23-15-11-21(12-16-23)19-7-3-1-4-8-19)26(32)30-28-24-17-13-22(14-18-24)20-9-5-2-6-10-20/h1-10,21-22H,11-18H2,(H,29,31)(H,30,32). The summed E-state index contributed by atoms with van der Waals surface area (Å²) in [6.45, 7) is 0. The minimum Gasteiger partial charge on any atom is -0.262 e. The number of amides is 2. The first-order valence-electron chi connectivity index (χ1n) is 11.5. The van der Waals surface area contributed by atoms with Crippen molar-refractivity contribution in [1.82, 2.24) is 10.9 Å². The average Bonchev–Trinajstić information content (AvgIpc) is 2.87. The van der Waals surface area contributed by atoms with Crippen LogP contribution in [0.15, 0.2) is 70.9 Å². The summed E-state index contributed by atoms with van der Waals surface area (Å²) in [7, 11) is 0. The molecular formula is C26H30N4O2. The molecule has 6 heteroatoms. The van der Waals surface area contributed by atoms with Crippen molar-refractivity contribution in [3.8, 4) is 0 Å². The molecule has 2 aliphatic carbocycles. The number of hydrazone groups is 2. The van der Waals surface area contributed by atoms with Crippen LogP contribution in [-0.4, -0.2) is 23.2 Å². The quantitative estimate of drug-likeness (QED) is 0.547. The van der Waals surface area contributed by atoms with E-state index in [0.717, 1.165) is 62.8 Å². The van der Waals surface area contributed by atoms with Crippen molar-refractivity contribution >= 4 is 23.2 Å². The van der Waals surface area contributed by atoms with Gasteiger partial charge in [-0.15, -0.1) is 0 Å². The van der Waals surface area contributed by atoms with Crippen molar-refractivity contribution in [3.05, 3.63) is 71.8 Å². The van der Waals surface area contributed by atoms with Gasteiger partial charge in [-0.05, 0) is 74.3 Å². The Morgan fingerprint density at radius 2 is 0.938 bits per heavy atom. The molecule has 2 aromatic rings. The molecule has 2 fully saturated rings. The molecule has 0 aromatic heterocycles. The molecular weight excluding hydrogens is 400 g/mol. The largest absolute Gasteiger partial charge is 0.331 e. The van der Waals surface area contributed by atoms with Crippen LogP contribution in [0.4, 0.5) is 0 Å². The minimum absolute atomic E-state index is 0.530. The summed E-state index contributed by atoms with van der Waals surface area (Å²) < 4.78 is 0. The summed E-state index contributed by atoms with van der Waals surface area (Å²) in [6, 6.07) is 21.0. The van der Waals surface area contributed by atoms with E-state index in [9.17, 15) is 9.59 Å². The SMILES string of the molecule is O=C(NN=C1CCC(c2ccccc2)CC1)C(=O)NN=C1CCC(c2ccccc2)CC1. The number of benzene rings is 2. The third-order valence-corrected chi connectivity index (χ3v) is 6.50. The summed E-state index contributed by atoms with van der Waals surface area (Å²) in [5.41, 5.74) is 9.36. The van der Waals surface area contributed by atoms with Crippen LogP contribution in [0.3, 0.4) is 0 Å². The third kappa shape index (κ3) is 5.90. The number of hydrogen-bond donors (Lipinski definition) is 2. The number of carbonyl (C=O) groups is 2. The lowest BCUT2D eigenvalue weighted by atomic mass is 9.83. The van der Waals surface area contributed by atoms with Gasteiger partial charge in [0.25, 0.3) is 0 Å². The van der Waals surface area contributed by atoms with E-state index in [1.54, 1.807) is 0 Å². The fraction of sp³-hybridized carbons (Fsp3) is 0.385. The second kappa shape index (κ2) is 10.8. The molecule has 4 rings (SSSR count). The first kappa shape index (κ1) is 21.9. The third-order valence-electron chi connectivity index (χ3n) is 6.50. The van der Waals surface area contributed by atoms with E-state index in [2.05, 4.69) is 69.6 Å². The number of hydrogen-bond acceptors (Lipinski definition) is 4. The number of nitrogens with zero attached hydrogens (tertiary/aromatic N) is 2. The molecule has 32 heavy (non-hydrogen) atoms. The highest BCUT2D eigenvalue weighted by atomic mass is 16.2. The molecule has 6 nitrogen and oxygen atoms in total. The average molecular weight is 431 g/mol. The Balaban J connectivity index is 1.19. The van der Waals surface area contributed by atoms with Gasteiger partial charge in [-0.1, -0.05) is 60.7 Å². The van der Waals surface area contributed by atoms with Gasteiger partial charge >= 0.3 is 11.8 Å². The van der Waals surface area contributed by atoms with Gasteiger partial charge in [-0.25, -0.2) is 10.9 Å². The molecule has 0 bridgehead atoms. The molecule has 2 amide bonds. The Bertz CT molecular complexity index is 884. The van der Waals surface area contributed by atoms with E-state index < -0.39 is 11.8 Å². The molecule has 0 aliphatic heterocycles. The zero-order chi connectivity index (χ0) is 22.2. The lowest BCUT2D eigenvalue weighted by Gasteiger charge is -2.23. The highest BCUT2D eigenvalue weighted by Crippen LogP contribution is 2.32. The molecule has 166 valence electrons. The van der Waals surface area contributed by atoms with Crippen molar-refractivity contribution in [1.29, 1.82) is 0 Å². The zero-order valence-electron chi connectivity index (χ0n) is 18.3. The van der Waals surface area contributed by atoms with E-state index in [-0.39, 0.29) is 0 Å². The van der Waals surface area contributed by atoms with Gasteiger partial charge in [-0.2, -0.15) is 10.2 Å². The second-order valence-electron chi connectivity index (χ2n) is 8.61. The monoisotopic (exact) mass is 430 g/mol. The van der Waals surface area contributed by atoms with Crippen LogP contribution < -0.4 is 10.9 Å². The lowest BCUT2D eigenvalue weighted by Crippen LogP contribution is -2.36. The Morgan fingerprint density at radius 3 is 1.28 bits per heavy atom. The molecule has 2 aromatic carbocycles. The summed E-state index contributed by atoms with van der Waals surface area (Å²) in [5.74, 6) is -0.487. The van der Waals surface area contributed by atoms with Gasteiger partial charge in [0.2, 0.25) is 0 Å². The van der Waals surface area contributed by atoms with E-state index in [0.29, 0.717) is 11.8 Å². The second-order valence-corrected chi connectivity index (χ2v) is 8.61. The molecule has 2 N–H and O–H groups in total. The Morgan fingerprint density at radius 1 is 0.594 bits per heavy atom. The number of rotatable bonds is 4. The molecule has 0 spiro atoms. The molecule has 0 unspecified atom stereocenters. The van der Waals surface area contributed by atoms with Crippen LogP contribution in [0, 0.1) is 0 Å². The molecule has 2 aliphatic rings. The molecule has 0 saturated heterocycles. The van der Waals surface area contributed by atoms with Gasteiger partial charge in [0.1, 0.15) is 0 Å². The maximum absolute atomic E-state index is 12.1. The van der Waals surface area contributed by atoms with Gasteiger partial charge in [-0.3, -0.25) is 9.59 Å². The summed E-state index contributed by atoms with van der Waals surface area (Å²) in [4.78, 5) is 24.2. The van der Waals surface area contributed by atoms with E-state index >= 15 is 0 Å². The highest BCUT2D eigenvalue weighted by Gasteiger charge is 2.21. The zero-order valence-corrected chi connectivity index (χ0v) is 18.3. The smallest absolute Gasteiger partial charge is 0.262 e. The van der Waals surface area contributed by atoms with Gasteiger partial charge in [0, 0.05) is 11.4 Å². The number of nitrogens with one attached hydrogen (secondary N) is 2. The Labute approximate surface area is 189 Å². The summed E-state index contributed by atoms with van der Waals surface area (Å²) in [5, 5.41) is 8.36. The fourth-order valence-electron chi connectivity index (χ4n) is 4.60. The van der Waals surface area contributed by atoms with Crippen LogP contribution >= 0.6 is 0 Å². The van der Waals surface area contributed by atoms with Crippen molar-refractivity contribution < 1.29 is 9.59 Å². The fourth-order valence-corrected chi connectivity index (χ4v) is 4.60. The first-order valence-corrected chi connectivity index (χ1v) is 11.5. The van der Waals surface area contributed by atoms with Crippen LogP contribution in [0.5, 0.6) is 0 Å². The molecule has 0 radical (unpaired) electrons. The van der Waals surface area contributed by atoms with Crippen LogP contribution in [0.1, 0.15) is 74.3 Å². The normalized spacial score (nSPS) is 20.9. The maximum Gasteiger partial charge on any atom is 0.331 e. The van der Waals surface area contributed by atoms with Crippen LogP contribution in [0.25, 0.3) is 0 Å². The van der Waals surface area contributed by atoms with Gasteiger partial charge in [0.05, 0.1) is 0 Å². The van der Waals surface area contributed by atoms with Crippen molar-refractivity contribution in [2.24, 2.45) is 10.2 Å². The number of carbonyl (C=O) groups excluding carboxylic acids is 2. The van der Waals surface area contributed by atoms with Crippen LogP contribution in [-0.2, 0) is 9.59 Å². The predicted octanol–water partition coefficient (Wildman–Crippen LogP) is 4.65. The Hall–Kier alpha value is -3.28. The van der Waals surface area contributed by atoms with Crippen LogP contribution in [0.2, 0.25) is 0 Å². The molecule has 0 atom stereocenters. The molecule has 2 saturated carbocycles. The lowest BCUT2D eigenvalue weighted by molar-refractivity contribution is -0.139. The summed E-state index contributed by atoms with van der Waals surface area (Å²) in [6.07, 6.45) is 7.31. The van der Waals surface area contributed by atoms with Crippen molar-refractivity contribution in [3.63, 3.8) is 0 Å². The minimum atomic E-state index is -0.773. The van der Waals surface area contributed by atoms with Crippen molar-refractivity contribution in [2.75, 3.05) is 0 Å². The highest BCUT2D eigenvalue weighted by molar-refractivity contribution is 6.35.